The molecule has 0 spiro atoms. The number of Topliss-reactive ketones (excluding diaryl/α,β-unsaturated/α-hetero) is 1. The van der Waals surface area contributed by atoms with E-state index in [1.807, 2.05) is 19.1 Å². The van der Waals surface area contributed by atoms with E-state index in [1.54, 1.807) is 19.3 Å². The van der Waals surface area contributed by atoms with Crippen LogP contribution in [-0.2, 0) is 6.42 Å². The van der Waals surface area contributed by atoms with E-state index >= 15 is 0 Å². The van der Waals surface area contributed by atoms with E-state index in [4.69, 9.17) is 0 Å². The van der Waals surface area contributed by atoms with E-state index in [-0.39, 0.29) is 5.78 Å². The Bertz CT molecular complexity index is 505. The van der Waals surface area contributed by atoms with Crippen molar-refractivity contribution in [3.63, 3.8) is 0 Å². The summed E-state index contributed by atoms with van der Waals surface area (Å²) in [5.74, 6) is 0.0935. The maximum atomic E-state index is 11.3. The smallest absolute Gasteiger partial charge is 0.171 e. The molecule has 0 unspecified atom stereocenters. The SMILES string of the molecule is CC(=O)c1sc(Cc2ccncc2)nc1C. The minimum Gasteiger partial charge on any atom is -0.294 e. The molecule has 0 bridgehead atoms. The summed E-state index contributed by atoms with van der Waals surface area (Å²) >= 11 is 1.48. The van der Waals surface area contributed by atoms with E-state index in [0.29, 0.717) is 0 Å². The Labute approximate surface area is 98.2 Å². The van der Waals surface area contributed by atoms with E-state index in [0.717, 1.165) is 22.0 Å². The summed E-state index contributed by atoms with van der Waals surface area (Å²) in [5.41, 5.74) is 2.00. The molecule has 4 heteroatoms. The summed E-state index contributed by atoms with van der Waals surface area (Å²) in [7, 11) is 0. The molecule has 0 aliphatic carbocycles. The Morgan fingerprint density at radius 3 is 2.62 bits per heavy atom. The van der Waals surface area contributed by atoms with E-state index < -0.39 is 0 Å². The number of ketones is 1. The Kier molecular flexibility index (Phi) is 3.10. The van der Waals surface area contributed by atoms with Gasteiger partial charge in [0.05, 0.1) is 15.6 Å². The summed E-state index contributed by atoms with van der Waals surface area (Å²) < 4.78 is 0. The van der Waals surface area contributed by atoms with Crippen molar-refractivity contribution in [1.29, 1.82) is 0 Å². The second-order valence-electron chi connectivity index (χ2n) is 3.61. The Morgan fingerprint density at radius 2 is 2.06 bits per heavy atom. The molecular formula is C12H12N2OS. The van der Waals surface area contributed by atoms with Gasteiger partial charge in [0.15, 0.2) is 5.78 Å². The lowest BCUT2D eigenvalue weighted by Crippen LogP contribution is -1.89. The highest BCUT2D eigenvalue weighted by molar-refractivity contribution is 7.13. The fourth-order valence-corrected chi connectivity index (χ4v) is 2.52. The van der Waals surface area contributed by atoms with Gasteiger partial charge >= 0.3 is 0 Å². The van der Waals surface area contributed by atoms with Crippen LogP contribution in [0.4, 0.5) is 0 Å². The molecule has 16 heavy (non-hydrogen) atoms. The lowest BCUT2D eigenvalue weighted by molar-refractivity contribution is 0.102. The van der Waals surface area contributed by atoms with Gasteiger partial charge in [-0.1, -0.05) is 0 Å². The molecule has 0 amide bonds. The minimum absolute atomic E-state index is 0.0935. The zero-order valence-electron chi connectivity index (χ0n) is 9.23. The van der Waals surface area contributed by atoms with Crippen LogP contribution in [0.5, 0.6) is 0 Å². The topological polar surface area (TPSA) is 42.9 Å². The van der Waals surface area contributed by atoms with Crippen molar-refractivity contribution in [3.8, 4) is 0 Å². The molecule has 0 N–H and O–H groups in total. The number of nitrogens with zero attached hydrogens (tertiary/aromatic N) is 2. The van der Waals surface area contributed by atoms with Crippen molar-refractivity contribution in [3.05, 3.63) is 45.7 Å². The van der Waals surface area contributed by atoms with Crippen LogP contribution in [0.15, 0.2) is 24.5 Å². The van der Waals surface area contributed by atoms with Crippen molar-refractivity contribution >= 4 is 17.1 Å². The number of pyridine rings is 1. The maximum absolute atomic E-state index is 11.3. The molecule has 3 nitrogen and oxygen atoms in total. The third kappa shape index (κ3) is 2.33. The number of thiazole rings is 1. The molecule has 0 saturated heterocycles. The third-order valence-electron chi connectivity index (χ3n) is 2.27. The first-order valence-electron chi connectivity index (χ1n) is 5.03. The average molecular weight is 232 g/mol. The number of carbonyl (C=O) groups is 1. The molecule has 2 heterocycles. The number of aryl methyl sites for hydroxylation is 1. The highest BCUT2D eigenvalue weighted by atomic mass is 32.1. The predicted molar refractivity (Wildman–Crippen MR) is 63.9 cm³/mol. The molecule has 2 aromatic heterocycles. The molecule has 0 fully saturated rings. The fourth-order valence-electron chi connectivity index (χ4n) is 1.53. The van der Waals surface area contributed by atoms with Gasteiger partial charge in [-0.05, 0) is 24.6 Å². The van der Waals surface area contributed by atoms with Gasteiger partial charge in [-0.15, -0.1) is 11.3 Å². The van der Waals surface area contributed by atoms with E-state index in [1.165, 1.54) is 16.9 Å². The quantitative estimate of drug-likeness (QED) is 0.764. The van der Waals surface area contributed by atoms with Crippen LogP contribution >= 0.6 is 11.3 Å². The summed E-state index contributed by atoms with van der Waals surface area (Å²) in [5, 5.41) is 0.980. The van der Waals surface area contributed by atoms with Gasteiger partial charge in [-0.3, -0.25) is 9.78 Å². The second kappa shape index (κ2) is 4.53. The number of aromatic nitrogens is 2. The zero-order chi connectivity index (χ0) is 11.5. The summed E-state index contributed by atoms with van der Waals surface area (Å²) in [6.45, 7) is 3.46. The number of hydrogen-bond donors (Lipinski definition) is 0. The maximum Gasteiger partial charge on any atom is 0.171 e. The van der Waals surface area contributed by atoms with Crippen LogP contribution in [0.25, 0.3) is 0 Å². The monoisotopic (exact) mass is 232 g/mol. The minimum atomic E-state index is 0.0935. The van der Waals surface area contributed by atoms with Crippen LogP contribution in [0.2, 0.25) is 0 Å². The van der Waals surface area contributed by atoms with Gasteiger partial charge in [0.1, 0.15) is 0 Å². The third-order valence-corrected chi connectivity index (χ3v) is 3.52. The van der Waals surface area contributed by atoms with Gasteiger partial charge in [0.2, 0.25) is 0 Å². The molecule has 0 aliphatic heterocycles. The second-order valence-corrected chi connectivity index (χ2v) is 4.69. The zero-order valence-corrected chi connectivity index (χ0v) is 10.0. The van der Waals surface area contributed by atoms with Crippen LogP contribution in [0, 0.1) is 6.92 Å². The molecule has 2 aromatic rings. The summed E-state index contributed by atoms with van der Waals surface area (Å²) in [6.07, 6.45) is 4.30. The molecule has 0 radical (unpaired) electrons. The average Bonchev–Trinajstić information content (AvgIpc) is 2.61. The van der Waals surface area contributed by atoms with Crippen molar-refractivity contribution in [2.45, 2.75) is 20.3 Å². The lowest BCUT2D eigenvalue weighted by atomic mass is 10.2. The number of rotatable bonds is 3. The Morgan fingerprint density at radius 1 is 1.38 bits per heavy atom. The van der Waals surface area contributed by atoms with Crippen LogP contribution in [0.1, 0.15) is 32.9 Å². The Balaban J connectivity index is 2.23. The first-order valence-corrected chi connectivity index (χ1v) is 5.84. The Hall–Kier alpha value is -1.55. The lowest BCUT2D eigenvalue weighted by Gasteiger charge is -1.95. The highest BCUT2D eigenvalue weighted by Gasteiger charge is 2.11. The van der Waals surface area contributed by atoms with Crippen LogP contribution in [0.3, 0.4) is 0 Å². The first-order chi connectivity index (χ1) is 7.66. The molecule has 82 valence electrons. The largest absolute Gasteiger partial charge is 0.294 e. The molecular weight excluding hydrogens is 220 g/mol. The van der Waals surface area contributed by atoms with E-state index in [2.05, 4.69) is 9.97 Å². The van der Waals surface area contributed by atoms with Crippen molar-refractivity contribution in [2.24, 2.45) is 0 Å². The van der Waals surface area contributed by atoms with Gasteiger partial charge in [-0.25, -0.2) is 4.98 Å². The standard InChI is InChI=1S/C12H12N2OS/c1-8-12(9(2)15)16-11(14-8)7-10-3-5-13-6-4-10/h3-6H,7H2,1-2H3. The number of hydrogen-bond acceptors (Lipinski definition) is 4. The molecule has 0 aliphatic rings. The van der Waals surface area contributed by atoms with Gasteiger partial charge < -0.3 is 0 Å². The van der Waals surface area contributed by atoms with Crippen LogP contribution < -0.4 is 0 Å². The summed E-state index contributed by atoms with van der Waals surface area (Å²) in [4.78, 5) is 20.4. The normalized spacial score (nSPS) is 10.4. The molecule has 0 saturated carbocycles. The fraction of sp³-hybridized carbons (Fsp3) is 0.250. The van der Waals surface area contributed by atoms with Gasteiger partial charge in [-0.2, -0.15) is 0 Å². The highest BCUT2D eigenvalue weighted by Crippen LogP contribution is 2.20. The van der Waals surface area contributed by atoms with Gasteiger partial charge in [0, 0.05) is 25.7 Å². The molecule has 2 rings (SSSR count). The predicted octanol–water partition coefficient (Wildman–Crippen LogP) is 2.64. The van der Waals surface area contributed by atoms with Crippen molar-refractivity contribution in [1.82, 2.24) is 9.97 Å². The number of carbonyl (C=O) groups excluding carboxylic acids is 1. The first kappa shape index (κ1) is 11.0. The van der Waals surface area contributed by atoms with Crippen LogP contribution in [-0.4, -0.2) is 15.8 Å². The van der Waals surface area contributed by atoms with Crippen molar-refractivity contribution < 1.29 is 4.79 Å². The molecule has 0 atom stereocenters. The van der Waals surface area contributed by atoms with Gasteiger partial charge in [0.25, 0.3) is 0 Å². The molecule has 0 aromatic carbocycles. The summed E-state index contributed by atoms with van der Waals surface area (Å²) in [6, 6.07) is 3.92. The van der Waals surface area contributed by atoms with Crippen molar-refractivity contribution in [2.75, 3.05) is 0 Å². The van der Waals surface area contributed by atoms with E-state index in [9.17, 15) is 4.79 Å².